The van der Waals surface area contributed by atoms with Crippen molar-refractivity contribution in [2.24, 2.45) is 0 Å². The smallest absolute Gasteiger partial charge is 0.119 e. The molecule has 0 unspecified atom stereocenters. The SMILES string of the molecule is CCCNc1ccc(OC)cc1C(C/C=C/C(C#N)=C/C=C1/N(CCC)c2ccc(OC)cc2C1(Cc1ccccc1)Cc1ccccc1)(Cc1ccccc1)Cc1ccccc1. The molecular formula is C58H61N3O2. The van der Waals surface area contributed by atoms with E-state index in [4.69, 9.17) is 9.47 Å². The van der Waals surface area contributed by atoms with Crippen LogP contribution >= 0.6 is 0 Å². The molecule has 0 bridgehead atoms. The summed E-state index contributed by atoms with van der Waals surface area (Å²) in [5.41, 5.74) is 10.8. The largest absolute Gasteiger partial charge is 0.497 e. The van der Waals surface area contributed by atoms with Crippen LogP contribution in [0, 0.1) is 11.3 Å². The molecule has 0 amide bonds. The Hall–Kier alpha value is -6.77. The lowest BCUT2D eigenvalue weighted by atomic mass is 9.68. The number of fused-ring (bicyclic) bond motifs is 1. The second-order valence-corrected chi connectivity index (χ2v) is 16.8. The minimum Gasteiger partial charge on any atom is -0.497 e. The molecule has 0 radical (unpaired) electrons. The topological polar surface area (TPSA) is 57.5 Å². The van der Waals surface area contributed by atoms with E-state index in [1.54, 1.807) is 14.2 Å². The Kier molecular flexibility index (Phi) is 15.0. The molecule has 320 valence electrons. The first kappa shape index (κ1) is 44.3. The summed E-state index contributed by atoms with van der Waals surface area (Å²) in [6.07, 6.45) is 14.4. The number of anilines is 2. The number of nitriles is 1. The van der Waals surface area contributed by atoms with Crippen molar-refractivity contribution in [2.45, 2.75) is 69.6 Å². The van der Waals surface area contributed by atoms with Crippen LogP contribution in [0.25, 0.3) is 0 Å². The average Bonchev–Trinajstić information content (AvgIpc) is 3.56. The van der Waals surface area contributed by atoms with Gasteiger partial charge in [0, 0.05) is 41.0 Å². The molecule has 6 aromatic rings. The molecule has 0 saturated heterocycles. The fourth-order valence-corrected chi connectivity index (χ4v) is 9.52. The van der Waals surface area contributed by atoms with Gasteiger partial charge in [-0.3, -0.25) is 0 Å². The van der Waals surface area contributed by atoms with Crippen molar-refractivity contribution in [2.75, 3.05) is 37.5 Å². The maximum absolute atomic E-state index is 10.9. The van der Waals surface area contributed by atoms with Crippen molar-refractivity contribution < 1.29 is 9.47 Å². The first-order valence-corrected chi connectivity index (χ1v) is 22.5. The Labute approximate surface area is 376 Å². The summed E-state index contributed by atoms with van der Waals surface area (Å²) in [7, 11) is 3.48. The molecule has 0 aliphatic carbocycles. The van der Waals surface area contributed by atoms with Gasteiger partial charge in [0.15, 0.2) is 0 Å². The van der Waals surface area contributed by atoms with Gasteiger partial charge in [-0.15, -0.1) is 0 Å². The second-order valence-electron chi connectivity index (χ2n) is 16.8. The number of rotatable bonds is 20. The molecule has 0 spiro atoms. The molecule has 1 heterocycles. The highest BCUT2D eigenvalue weighted by Gasteiger charge is 2.47. The van der Waals surface area contributed by atoms with E-state index in [1.807, 2.05) is 18.2 Å². The molecule has 0 atom stereocenters. The number of nitrogens with one attached hydrogen (secondary N) is 1. The van der Waals surface area contributed by atoms with E-state index in [1.165, 1.54) is 44.8 Å². The lowest BCUT2D eigenvalue weighted by molar-refractivity contribution is 0.401. The Morgan fingerprint density at radius 1 is 0.683 bits per heavy atom. The van der Waals surface area contributed by atoms with Gasteiger partial charge in [-0.2, -0.15) is 5.26 Å². The van der Waals surface area contributed by atoms with Crippen molar-refractivity contribution in [3.63, 3.8) is 0 Å². The highest BCUT2D eigenvalue weighted by molar-refractivity contribution is 5.74. The van der Waals surface area contributed by atoms with Crippen LogP contribution < -0.4 is 19.7 Å². The number of methoxy groups -OCH3 is 2. The van der Waals surface area contributed by atoms with Crippen molar-refractivity contribution in [3.8, 4) is 17.6 Å². The molecule has 0 saturated carbocycles. The third-order valence-corrected chi connectivity index (χ3v) is 12.4. The number of allylic oxidation sites excluding steroid dienone is 6. The maximum Gasteiger partial charge on any atom is 0.119 e. The zero-order valence-corrected chi connectivity index (χ0v) is 37.4. The summed E-state index contributed by atoms with van der Waals surface area (Å²) < 4.78 is 11.8. The van der Waals surface area contributed by atoms with Crippen LogP contribution in [0.4, 0.5) is 11.4 Å². The Morgan fingerprint density at radius 3 is 1.75 bits per heavy atom. The van der Waals surface area contributed by atoms with Gasteiger partial charge in [-0.05, 0) is 133 Å². The zero-order valence-electron chi connectivity index (χ0n) is 37.4. The molecule has 6 aromatic carbocycles. The molecule has 63 heavy (non-hydrogen) atoms. The maximum atomic E-state index is 10.9. The molecule has 1 N–H and O–H groups in total. The van der Waals surface area contributed by atoms with E-state index in [2.05, 4.69) is 194 Å². The molecule has 0 fully saturated rings. The number of hydrogen-bond acceptors (Lipinski definition) is 5. The van der Waals surface area contributed by atoms with Crippen LogP contribution in [0.3, 0.4) is 0 Å². The van der Waals surface area contributed by atoms with Crippen LogP contribution in [0.5, 0.6) is 11.5 Å². The van der Waals surface area contributed by atoms with E-state index in [9.17, 15) is 5.26 Å². The lowest BCUT2D eigenvalue weighted by Crippen LogP contribution is -2.36. The minimum atomic E-state index is -0.433. The molecule has 5 nitrogen and oxygen atoms in total. The highest BCUT2D eigenvalue weighted by Crippen LogP contribution is 2.53. The minimum absolute atomic E-state index is 0.381. The van der Waals surface area contributed by atoms with E-state index in [0.717, 1.165) is 68.8 Å². The van der Waals surface area contributed by atoms with Gasteiger partial charge in [-0.1, -0.05) is 141 Å². The first-order chi connectivity index (χ1) is 30.9. The monoisotopic (exact) mass is 831 g/mol. The van der Waals surface area contributed by atoms with Crippen molar-refractivity contribution >= 4 is 11.4 Å². The standard InChI is InChI=1S/C58H61N3O2/c1-5-36-60-54-32-30-50(62-3)38-52(54)57(40-45-20-11-7-12-21-45,41-46-22-13-8-14-23-46)35-19-28-49(44-59)29-34-56-58(42-47-24-15-9-16-25-47,43-48-26-17-10-18-27-48)53-39-51(63-4)31-33-55(53)61(56)37-6-2/h7-34,38-39,60H,5-6,35-37,40-43H2,1-4H3/b28-19+,49-29-,56-34+. The van der Waals surface area contributed by atoms with Crippen LogP contribution in [0.2, 0.25) is 0 Å². The van der Waals surface area contributed by atoms with Gasteiger partial charge in [0.2, 0.25) is 0 Å². The van der Waals surface area contributed by atoms with E-state index in [0.29, 0.717) is 12.0 Å². The van der Waals surface area contributed by atoms with Gasteiger partial charge in [0.1, 0.15) is 11.5 Å². The van der Waals surface area contributed by atoms with Gasteiger partial charge >= 0.3 is 0 Å². The van der Waals surface area contributed by atoms with Crippen molar-refractivity contribution in [1.82, 2.24) is 0 Å². The summed E-state index contributed by atoms with van der Waals surface area (Å²) in [5, 5.41) is 14.6. The van der Waals surface area contributed by atoms with E-state index >= 15 is 0 Å². The van der Waals surface area contributed by atoms with Crippen molar-refractivity contribution in [3.05, 3.63) is 227 Å². The molecule has 1 aliphatic heterocycles. The van der Waals surface area contributed by atoms with Crippen LogP contribution in [0.1, 0.15) is 66.5 Å². The third kappa shape index (κ3) is 10.5. The fraction of sp³-hybridized carbons (Fsp3) is 0.259. The average molecular weight is 832 g/mol. The van der Waals surface area contributed by atoms with Crippen LogP contribution in [-0.4, -0.2) is 27.3 Å². The summed E-state index contributed by atoms with van der Waals surface area (Å²) in [6, 6.07) is 58.7. The van der Waals surface area contributed by atoms with Crippen molar-refractivity contribution in [1.29, 1.82) is 5.26 Å². The molecule has 0 aromatic heterocycles. The predicted octanol–water partition coefficient (Wildman–Crippen LogP) is 13.2. The number of nitrogens with zero attached hydrogens (tertiary/aromatic N) is 2. The summed E-state index contributed by atoms with van der Waals surface area (Å²) in [6.45, 7) is 6.14. The number of benzene rings is 6. The fourth-order valence-electron chi connectivity index (χ4n) is 9.52. The van der Waals surface area contributed by atoms with Gasteiger partial charge in [-0.25, -0.2) is 0 Å². The third-order valence-electron chi connectivity index (χ3n) is 12.4. The normalized spacial score (nSPS) is 14.1. The second kappa shape index (κ2) is 21.3. The zero-order chi connectivity index (χ0) is 43.9. The Bertz CT molecular complexity index is 2440. The molecule has 7 rings (SSSR count). The molecule has 1 aliphatic rings. The quantitative estimate of drug-likeness (QED) is 0.0613. The van der Waals surface area contributed by atoms with Gasteiger partial charge in [0.05, 0.1) is 25.9 Å². The summed E-state index contributed by atoms with van der Waals surface area (Å²) in [4.78, 5) is 2.48. The Balaban J connectivity index is 1.36. The summed E-state index contributed by atoms with van der Waals surface area (Å²) >= 11 is 0. The van der Waals surface area contributed by atoms with Gasteiger partial charge in [0.25, 0.3) is 0 Å². The lowest BCUT2D eigenvalue weighted by Gasteiger charge is -2.36. The number of ether oxygens (including phenoxy) is 2. The van der Waals surface area contributed by atoms with Crippen LogP contribution in [-0.2, 0) is 36.5 Å². The summed E-state index contributed by atoms with van der Waals surface area (Å²) in [5.74, 6) is 1.67. The van der Waals surface area contributed by atoms with E-state index in [-0.39, 0.29) is 5.41 Å². The van der Waals surface area contributed by atoms with E-state index < -0.39 is 5.41 Å². The highest BCUT2D eigenvalue weighted by atomic mass is 16.5. The molecule has 5 heteroatoms. The predicted molar refractivity (Wildman–Crippen MR) is 262 cm³/mol. The Morgan fingerprint density at radius 2 is 1.22 bits per heavy atom. The van der Waals surface area contributed by atoms with Crippen LogP contribution in [0.15, 0.2) is 193 Å². The first-order valence-electron chi connectivity index (χ1n) is 22.5. The number of hydrogen-bond donors (Lipinski definition) is 1. The van der Waals surface area contributed by atoms with Gasteiger partial charge < -0.3 is 19.7 Å². The molecular weight excluding hydrogens is 771 g/mol.